The van der Waals surface area contributed by atoms with E-state index >= 15 is 0 Å². The Labute approximate surface area is 101 Å². The SMILES string of the molecule is [c]1cc(-c2ccccc2)[nH]c1-c1ccccc1. The minimum absolute atomic E-state index is 1.03. The van der Waals surface area contributed by atoms with Gasteiger partial charge < -0.3 is 4.98 Å². The van der Waals surface area contributed by atoms with Crippen LogP contribution in [0.2, 0.25) is 0 Å². The fourth-order valence-corrected chi connectivity index (χ4v) is 1.88. The van der Waals surface area contributed by atoms with Gasteiger partial charge in [-0.05, 0) is 17.2 Å². The van der Waals surface area contributed by atoms with E-state index in [9.17, 15) is 0 Å². The first-order chi connectivity index (χ1) is 8.43. The Hall–Kier alpha value is -2.28. The molecule has 3 rings (SSSR count). The highest BCUT2D eigenvalue weighted by molar-refractivity contribution is 5.67. The predicted octanol–water partition coefficient (Wildman–Crippen LogP) is 4.15. The van der Waals surface area contributed by atoms with Gasteiger partial charge >= 0.3 is 0 Å². The molecule has 1 radical (unpaired) electrons. The van der Waals surface area contributed by atoms with E-state index < -0.39 is 0 Å². The van der Waals surface area contributed by atoms with Crippen molar-refractivity contribution >= 4 is 0 Å². The molecule has 2 aromatic carbocycles. The molecule has 0 aliphatic heterocycles. The summed E-state index contributed by atoms with van der Waals surface area (Å²) in [6, 6.07) is 25.8. The van der Waals surface area contributed by atoms with E-state index in [1.807, 2.05) is 42.5 Å². The molecule has 0 unspecified atom stereocenters. The lowest BCUT2D eigenvalue weighted by Crippen LogP contribution is -1.78. The maximum absolute atomic E-state index is 3.39. The maximum atomic E-state index is 3.39. The van der Waals surface area contributed by atoms with Gasteiger partial charge in [0, 0.05) is 11.8 Å². The maximum Gasteiger partial charge on any atom is 0.0539 e. The number of aromatic nitrogens is 1. The van der Waals surface area contributed by atoms with Gasteiger partial charge in [0.1, 0.15) is 0 Å². The first-order valence-corrected chi connectivity index (χ1v) is 5.65. The first-order valence-electron chi connectivity index (χ1n) is 5.65. The van der Waals surface area contributed by atoms with E-state index in [0.29, 0.717) is 0 Å². The van der Waals surface area contributed by atoms with Gasteiger partial charge in [0.05, 0.1) is 5.69 Å². The molecule has 1 aromatic heterocycles. The second-order valence-corrected chi connectivity index (χ2v) is 3.93. The standard InChI is InChI=1S/C16H12N/c1-3-7-13(8-4-1)15-11-12-16(17-15)14-9-5-2-6-10-14/h1-11,17H. The molecule has 0 aliphatic carbocycles. The van der Waals surface area contributed by atoms with E-state index in [2.05, 4.69) is 35.3 Å². The quantitative estimate of drug-likeness (QED) is 0.665. The van der Waals surface area contributed by atoms with Crippen LogP contribution in [0.1, 0.15) is 0 Å². The number of benzene rings is 2. The predicted molar refractivity (Wildman–Crippen MR) is 70.5 cm³/mol. The highest BCUT2D eigenvalue weighted by Crippen LogP contribution is 2.23. The molecule has 17 heavy (non-hydrogen) atoms. The fraction of sp³-hybridized carbons (Fsp3) is 0. The van der Waals surface area contributed by atoms with Crippen LogP contribution >= 0.6 is 0 Å². The number of hydrogen-bond acceptors (Lipinski definition) is 0. The van der Waals surface area contributed by atoms with Crippen molar-refractivity contribution in [3.8, 4) is 22.5 Å². The van der Waals surface area contributed by atoms with Crippen LogP contribution in [0, 0.1) is 6.07 Å². The highest BCUT2D eigenvalue weighted by Gasteiger charge is 2.02. The highest BCUT2D eigenvalue weighted by atomic mass is 14.7. The van der Waals surface area contributed by atoms with Crippen LogP contribution in [-0.2, 0) is 0 Å². The molecule has 0 saturated heterocycles. The molecular formula is C16H12N. The lowest BCUT2D eigenvalue weighted by atomic mass is 10.2. The number of aromatic amines is 1. The van der Waals surface area contributed by atoms with Crippen LogP contribution in [0.5, 0.6) is 0 Å². The molecule has 1 N–H and O–H groups in total. The average molecular weight is 218 g/mol. The normalized spacial score (nSPS) is 10.4. The summed E-state index contributed by atoms with van der Waals surface area (Å²) in [6.45, 7) is 0. The van der Waals surface area contributed by atoms with E-state index in [4.69, 9.17) is 0 Å². The second kappa shape index (κ2) is 4.30. The minimum atomic E-state index is 1.03. The van der Waals surface area contributed by atoms with Crippen LogP contribution in [0.3, 0.4) is 0 Å². The summed E-state index contributed by atoms with van der Waals surface area (Å²) in [5.41, 5.74) is 4.48. The van der Waals surface area contributed by atoms with Gasteiger partial charge in [0.25, 0.3) is 0 Å². The molecule has 0 amide bonds. The summed E-state index contributed by atoms with van der Waals surface area (Å²) < 4.78 is 0. The van der Waals surface area contributed by atoms with Crippen molar-refractivity contribution in [3.05, 3.63) is 72.8 Å². The molecule has 0 saturated carbocycles. The van der Waals surface area contributed by atoms with Gasteiger partial charge in [-0.3, -0.25) is 0 Å². The van der Waals surface area contributed by atoms with E-state index in [-0.39, 0.29) is 0 Å². The van der Waals surface area contributed by atoms with Crippen molar-refractivity contribution in [1.82, 2.24) is 4.98 Å². The van der Waals surface area contributed by atoms with Crippen molar-refractivity contribution in [2.75, 3.05) is 0 Å². The number of nitrogens with one attached hydrogen (secondary N) is 1. The van der Waals surface area contributed by atoms with Crippen molar-refractivity contribution in [2.24, 2.45) is 0 Å². The van der Waals surface area contributed by atoms with Crippen LogP contribution in [0.4, 0.5) is 0 Å². The van der Waals surface area contributed by atoms with Gasteiger partial charge in [-0.15, -0.1) is 0 Å². The Kier molecular flexibility index (Phi) is 2.51. The topological polar surface area (TPSA) is 15.8 Å². The van der Waals surface area contributed by atoms with Crippen molar-refractivity contribution in [1.29, 1.82) is 0 Å². The first kappa shape index (κ1) is 9.91. The molecular weight excluding hydrogens is 206 g/mol. The summed E-state index contributed by atoms with van der Waals surface area (Å²) >= 11 is 0. The lowest BCUT2D eigenvalue weighted by Gasteiger charge is -1.98. The Morgan fingerprint density at radius 2 is 1.29 bits per heavy atom. The molecule has 1 heteroatoms. The molecule has 0 bridgehead atoms. The lowest BCUT2D eigenvalue weighted by molar-refractivity contribution is 1.39. The monoisotopic (exact) mass is 218 g/mol. The van der Waals surface area contributed by atoms with Crippen LogP contribution in [-0.4, -0.2) is 4.98 Å². The molecule has 0 spiro atoms. The zero-order valence-corrected chi connectivity index (χ0v) is 9.35. The van der Waals surface area contributed by atoms with E-state index in [1.165, 1.54) is 5.56 Å². The Balaban J connectivity index is 1.99. The number of H-pyrrole nitrogens is 1. The molecule has 3 aromatic rings. The summed E-state index contributed by atoms with van der Waals surface area (Å²) in [7, 11) is 0. The van der Waals surface area contributed by atoms with Crippen molar-refractivity contribution in [3.63, 3.8) is 0 Å². The summed E-state index contributed by atoms with van der Waals surface area (Å²) in [5, 5.41) is 0. The average Bonchev–Trinajstić information content (AvgIpc) is 2.90. The van der Waals surface area contributed by atoms with Gasteiger partial charge in [-0.1, -0.05) is 60.7 Å². The fourth-order valence-electron chi connectivity index (χ4n) is 1.88. The third kappa shape index (κ3) is 2.00. The van der Waals surface area contributed by atoms with Crippen LogP contribution in [0.15, 0.2) is 66.7 Å². The molecule has 0 atom stereocenters. The third-order valence-electron chi connectivity index (χ3n) is 2.77. The zero-order chi connectivity index (χ0) is 11.5. The summed E-state index contributed by atoms with van der Waals surface area (Å²) in [4.78, 5) is 3.39. The molecule has 1 nitrogen and oxygen atoms in total. The smallest absolute Gasteiger partial charge is 0.0539 e. The largest absolute Gasteiger partial charge is 0.354 e. The van der Waals surface area contributed by atoms with Gasteiger partial charge in [-0.25, -0.2) is 0 Å². The minimum Gasteiger partial charge on any atom is -0.354 e. The van der Waals surface area contributed by atoms with E-state index in [1.54, 1.807) is 0 Å². The molecule has 81 valence electrons. The van der Waals surface area contributed by atoms with Crippen molar-refractivity contribution < 1.29 is 0 Å². The van der Waals surface area contributed by atoms with Crippen LogP contribution < -0.4 is 0 Å². The Morgan fingerprint density at radius 3 is 1.94 bits per heavy atom. The number of rotatable bonds is 2. The third-order valence-corrected chi connectivity index (χ3v) is 2.77. The summed E-state index contributed by atoms with van der Waals surface area (Å²) in [5.74, 6) is 0. The zero-order valence-electron chi connectivity index (χ0n) is 9.35. The number of hydrogen-bond donors (Lipinski definition) is 1. The van der Waals surface area contributed by atoms with Crippen LogP contribution in [0.25, 0.3) is 22.5 Å². The van der Waals surface area contributed by atoms with Gasteiger partial charge in [0.2, 0.25) is 0 Å². The Bertz CT molecular complexity index is 540. The van der Waals surface area contributed by atoms with E-state index in [0.717, 1.165) is 17.0 Å². The second-order valence-electron chi connectivity index (χ2n) is 3.93. The summed E-state index contributed by atoms with van der Waals surface area (Å²) in [6.07, 6.45) is 0. The van der Waals surface area contributed by atoms with Gasteiger partial charge in [0.15, 0.2) is 0 Å². The molecule has 0 aliphatic rings. The van der Waals surface area contributed by atoms with Crippen molar-refractivity contribution in [2.45, 2.75) is 0 Å². The Morgan fingerprint density at radius 1 is 0.706 bits per heavy atom. The van der Waals surface area contributed by atoms with Gasteiger partial charge in [-0.2, -0.15) is 0 Å². The molecule has 1 heterocycles. The molecule has 0 fully saturated rings.